The van der Waals surface area contributed by atoms with Crippen molar-refractivity contribution in [2.75, 3.05) is 6.61 Å². The molecule has 21 heavy (non-hydrogen) atoms. The normalized spacial score (nSPS) is 11.6. The SMILES string of the molecule is CCC[C@H](C(=O)OCC)N(N)C(=O)OCc1ccccc1. The van der Waals surface area contributed by atoms with Crippen molar-refractivity contribution in [3.63, 3.8) is 0 Å². The molecule has 1 atom stereocenters. The van der Waals surface area contributed by atoms with E-state index in [1.54, 1.807) is 6.92 Å². The number of benzene rings is 1. The van der Waals surface area contributed by atoms with Crippen molar-refractivity contribution in [2.24, 2.45) is 5.84 Å². The molecular weight excluding hydrogens is 272 g/mol. The van der Waals surface area contributed by atoms with E-state index in [0.717, 1.165) is 10.6 Å². The Balaban J connectivity index is 2.59. The summed E-state index contributed by atoms with van der Waals surface area (Å²) in [6.45, 7) is 3.95. The maximum absolute atomic E-state index is 11.9. The second-order valence-corrected chi connectivity index (χ2v) is 4.50. The van der Waals surface area contributed by atoms with Crippen molar-refractivity contribution in [3.8, 4) is 0 Å². The van der Waals surface area contributed by atoms with Crippen LogP contribution in [0.3, 0.4) is 0 Å². The number of hydrazine groups is 1. The summed E-state index contributed by atoms with van der Waals surface area (Å²) in [6.07, 6.45) is 0.379. The van der Waals surface area contributed by atoms with Crippen molar-refractivity contribution >= 4 is 12.1 Å². The van der Waals surface area contributed by atoms with Crippen LogP contribution in [0.4, 0.5) is 4.79 Å². The highest BCUT2D eigenvalue weighted by atomic mass is 16.6. The third-order valence-electron chi connectivity index (χ3n) is 2.87. The Morgan fingerprint density at radius 2 is 1.86 bits per heavy atom. The Kier molecular flexibility index (Phi) is 7.25. The fraction of sp³-hybridized carbons (Fsp3) is 0.467. The molecular formula is C15H22N2O4. The van der Waals surface area contributed by atoms with Gasteiger partial charge in [-0.15, -0.1) is 0 Å². The van der Waals surface area contributed by atoms with E-state index in [1.807, 2.05) is 37.3 Å². The molecule has 0 saturated heterocycles. The molecule has 0 saturated carbocycles. The van der Waals surface area contributed by atoms with E-state index in [1.165, 1.54) is 0 Å². The van der Waals surface area contributed by atoms with Crippen LogP contribution in [-0.4, -0.2) is 29.7 Å². The molecule has 0 unspecified atom stereocenters. The van der Waals surface area contributed by atoms with Crippen LogP contribution in [0.5, 0.6) is 0 Å². The molecule has 116 valence electrons. The zero-order chi connectivity index (χ0) is 15.7. The van der Waals surface area contributed by atoms with Gasteiger partial charge >= 0.3 is 12.1 Å². The molecule has 0 aliphatic heterocycles. The summed E-state index contributed by atoms with van der Waals surface area (Å²) < 4.78 is 10.0. The number of hydrogen-bond acceptors (Lipinski definition) is 5. The monoisotopic (exact) mass is 294 g/mol. The minimum atomic E-state index is -0.821. The fourth-order valence-corrected chi connectivity index (χ4v) is 1.80. The predicted molar refractivity (Wildman–Crippen MR) is 78.0 cm³/mol. The maximum Gasteiger partial charge on any atom is 0.425 e. The van der Waals surface area contributed by atoms with Gasteiger partial charge in [-0.25, -0.2) is 20.4 Å². The van der Waals surface area contributed by atoms with E-state index >= 15 is 0 Å². The first kappa shape index (κ1) is 17.0. The highest BCUT2D eigenvalue weighted by Gasteiger charge is 2.29. The molecule has 0 heterocycles. The van der Waals surface area contributed by atoms with Crippen molar-refractivity contribution in [1.82, 2.24) is 5.01 Å². The van der Waals surface area contributed by atoms with Gasteiger partial charge in [0.2, 0.25) is 0 Å². The molecule has 2 N–H and O–H groups in total. The Labute approximate surface area is 124 Å². The number of carbonyl (C=O) groups excluding carboxylic acids is 2. The first-order valence-electron chi connectivity index (χ1n) is 7.01. The lowest BCUT2D eigenvalue weighted by Gasteiger charge is -2.24. The van der Waals surface area contributed by atoms with E-state index in [4.69, 9.17) is 15.3 Å². The van der Waals surface area contributed by atoms with Crippen molar-refractivity contribution < 1.29 is 19.1 Å². The number of nitrogens with two attached hydrogens (primary N) is 1. The Morgan fingerprint density at radius 1 is 1.19 bits per heavy atom. The third kappa shape index (κ3) is 5.43. The van der Waals surface area contributed by atoms with Gasteiger partial charge in [-0.3, -0.25) is 0 Å². The van der Waals surface area contributed by atoms with Crippen molar-refractivity contribution in [1.29, 1.82) is 0 Å². The summed E-state index contributed by atoms with van der Waals surface area (Å²) >= 11 is 0. The van der Waals surface area contributed by atoms with Gasteiger partial charge in [0.1, 0.15) is 12.6 Å². The van der Waals surface area contributed by atoms with Gasteiger partial charge in [-0.1, -0.05) is 43.7 Å². The van der Waals surface area contributed by atoms with E-state index in [0.29, 0.717) is 12.8 Å². The quantitative estimate of drug-likeness (QED) is 0.361. The highest BCUT2D eigenvalue weighted by Crippen LogP contribution is 2.09. The smallest absolute Gasteiger partial charge is 0.425 e. The van der Waals surface area contributed by atoms with Gasteiger partial charge in [0.05, 0.1) is 6.61 Å². The number of amides is 1. The summed E-state index contributed by atoms with van der Waals surface area (Å²) in [5.74, 6) is 5.19. The molecule has 0 aromatic heterocycles. The molecule has 1 rings (SSSR count). The molecule has 1 aromatic rings. The number of carbonyl (C=O) groups is 2. The molecule has 0 radical (unpaired) electrons. The average Bonchev–Trinajstić information content (AvgIpc) is 2.50. The van der Waals surface area contributed by atoms with Crippen LogP contribution in [0.15, 0.2) is 30.3 Å². The Bertz CT molecular complexity index is 450. The first-order chi connectivity index (χ1) is 10.1. The highest BCUT2D eigenvalue weighted by molar-refractivity contribution is 5.81. The molecule has 6 heteroatoms. The molecule has 6 nitrogen and oxygen atoms in total. The van der Waals surface area contributed by atoms with Gasteiger partial charge in [0, 0.05) is 0 Å². The third-order valence-corrected chi connectivity index (χ3v) is 2.87. The lowest BCUT2D eigenvalue weighted by molar-refractivity contribution is -0.149. The van der Waals surface area contributed by atoms with Crippen LogP contribution >= 0.6 is 0 Å². The molecule has 0 spiro atoms. The van der Waals surface area contributed by atoms with Crippen molar-refractivity contribution in [3.05, 3.63) is 35.9 Å². The van der Waals surface area contributed by atoms with E-state index in [2.05, 4.69) is 0 Å². The average molecular weight is 294 g/mol. The molecule has 0 aliphatic rings. The number of nitrogens with zero attached hydrogens (tertiary/aromatic N) is 1. The fourth-order valence-electron chi connectivity index (χ4n) is 1.80. The summed E-state index contributed by atoms with van der Waals surface area (Å²) in [4.78, 5) is 23.7. The van der Waals surface area contributed by atoms with Gasteiger partial charge in [-0.05, 0) is 18.9 Å². The van der Waals surface area contributed by atoms with Gasteiger partial charge in [-0.2, -0.15) is 0 Å². The molecule has 0 aliphatic carbocycles. The van der Waals surface area contributed by atoms with Gasteiger partial charge < -0.3 is 9.47 Å². The van der Waals surface area contributed by atoms with E-state index < -0.39 is 18.1 Å². The maximum atomic E-state index is 11.9. The second-order valence-electron chi connectivity index (χ2n) is 4.50. The van der Waals surface area contributed by atoms with E-state index in [9.17, 15) is 9.59 Å². The minimum absolute atomic E-state index is 0.106. The van der Waals surface area contributed by atoms with Gasteiger partial charge in [0.15, 0.2) is 0 Å². The standard InChI is InChI=1S/C15H22N2O4/c1-3-8-13(14(18)20-4-2)17(16)15(19)21-11-12-9-6-5-7-10-12/h5-7,9-10,13H,3-4,8,11,16H2,1-2H3/t13-/m1/s1. The first-order valence-corrected chi connectivity index (χ1v) is 7.01. The van der Waals surface area contributed by atoms with Crippen LogP contribution < -0.4 is 5.84 Å². The zero-order valence-corrected chi connectivity index (χ0v) is 12.5. The number of ether oxygens (including phenoxy) is 2. The van der Waals surface area contributed by atoms with Crippen LogP contribution in [0.2, 0.25) is 0 Å². The predicted octanol–water partition coefficient (Wildman–Crippen LogP) is 2.23. The summed E-state index contributed by atoms with van der Waals surface area (Å²) in [6, 6.07) is 8.42. The van der Waals surface area contributed by atoms with Crippen LogP contribution in [0.25, 0.3) is 0 Å². The van der Waals surface area contributed by atoms with Crippen LogP contribution in [0.1, 0.15) is 32.3 Å². The Morgan fingerprint density at radius 3 is 2.43 bits per heavy atom. The Hall–Kier alpha value is -2.08. The largest absolute Gasteiger partial charge is 0.464 e. The van der Waals surface area contributed by atoms with E-state index in [-0.39, 0.29) is 13.2 Å². The number of rotatable bonds is 7. The molecule has 1 aromatic carbocycles. The van der Waals surface area contributed by atoms with Crippen LogP contribution in [-0.2, 0) is 20.9 Å². The van der Waals surface area contributed by atoms with Crippen LogP contribution in [0, 0.1) is 0 Å². The van der Waals surface area contributed by atoms with Crippen molar-refractivity contribution in [2.45, 2.75) is 39.3 Å². The topological polar surface area (TPSA) is 81.9 Å². The molecule has 0 fully saturated rings. The lowest BCUT2D eigenvalue weighted by Crippen LogP contribution is -2.50. The number of esters is 1. The summed E-state index contributed by atoms with van der Waals surface area (Å²) in [5, 5.41) is 0.810. The van der Waals surface area contributed by atoms with Gasteiger partial charge in [0.25, 0.3) is 0 Å². The summed E-state index contributed by atoms with van der Waals surface area (Å²) in [7, 11) is 0. The zero-order valence-electron chi connectivity index (χ0n) is 12.5. The molecule has 1 amide bonds. The second kappa shape index (κ2) is 8.97. The molecule has 0 bridgehead atoms. The summed E-state index contributed by atoms with van der Waals surface area (Å²) in [5.41, 5.74) is 0.849. The minimum Gasteiger partial charge on any atom is -0.464 e. The lowest BCUT2D eigenvalue weighted by atomic mass is 10.1. The number of hydrogen-bond donors (Lipinski definition) is 1.